The molecule has 0 bridgehead atoms. The van der Waals surface area contributed by atoms with Gasteiger partial charge in [-0.05, 0) is 62.5 Å². The molecule has 2 rings (SSSR count). The SMILES string of the molecule is CC(C)(C)NN.CCCCOC1(Cl)C=CC(C(=O)Cl)C=C1.Cl.O=C(Cl)c1ccccc1. The molecule has 1 aromatic rings. The summed E-state index contributed by atoms with van der Waals surface area (Å²) < 4.78 is 5.48. The van der Waals surface area contributed by atoms with E-state index in [0.717, 1.165) is 12.8 Å². The number of unbranched alkanes of at least 4 members (excludes halogenated alkanes) is 1. The molecule has 176 valence electrons. The minimum Gasteiger partial charge on any atom is -0.352 e. The molecule has 0 saturated carbocycles. The summed E-state index contributed by atoms with van der Waals surface area (Å²) in [6.45, 7) is 8.71. The summed E-state index contributed by atoms with van der Waals surface area (Å²) >= 11 is 16.6. The third-order valence-corrected chi connectivity index (χ3v) is 4.41. The van der Waals surface area contributed by atoms with Gasteiger partial charge in [-0.2, -0.15) is 0 Å². The lowest BCUT2D eigenvalue weighted by Crippen LogP contribution is -2.41. The van der Waals surface area contributed by atoms with Crippen LogP contribution >= 0.6 is 47.2 Å². The number of hydrazine groups is 1. The number of nitrogens with one attached hydrogen (secondary N) is 1. The molecular formula is C22H32Cl4N2O3. The van der Waals surface area contributed by atoms with E-state index < -0.39 is 15.5 Å². The highest BCUT2D eigenvalue weighted by Gasteiger charge is 2.26. The van der Waals surface area contributed by atoms with E-state index in [2.05, 4.69) is 12.3 Å². The Kier molecular flexibility index (Phi) is 17.4. The third kappa shape index (κ3) is 16.4. The normalized spacial score (nSPS) is 19.2. The molecular weight excluding hydrogens is 482 g/mol. The van der Waals surface area contributed by atoms with Gasteiger partial charge in [-0.3, -0.25) is 20.9 Å². The van der Waals surface area contributed by atoms with Gasteiger partial charge in [-0.15, -0.1) is 12.4 Å². The van der Waals surface area contributed by atoms with Crippen LogP contribution < -0.4 is 11.3 Å². The first-order chi connectivity index (χ1) is 13.9. The van der Waals surface area contributed by atoms with Gasteiger partial charge in [0.25, 0.3) is 5.24 Å². The lowest BCUT2D eigenvalue weighted by atomic mass is 10.0. The van der Waals surface area contributed by atoms with Crippen molar-refractivity contribution in [1.82, 2.24) is 5.43 Å². The number of benzene rings is 1. The molecule has 1 aliphatic rings. The molecule has 9 heteroatoms. The average Bonchev–Trinajstić information content (AvgIpc) is 2.69. The molecule has 0 atom stereocenters. The van der Waals surface area contributed by atoms with E-state index in [1.54, 1.807) is 48.6 Å². The Morgan fingerprint density at radius 2 is 1.61 bits per heavy atom. The highest BCUT2D eigenvalue weighted by atomic mass is 35.5. The molecule has 0 aromatic heterocycles. The van der Waals surface area contributed by atoms with Gasteiger partial charge in [0, 0.05) is 17.7 Å². The van der Waals surface area contributed by atoms with Crippen molar-refractivity contribution in [3.05, 3.63) is 60.2 Å². The number of hydrogen-bond donors (Lipinski definition) is 2. The molecule has 0 amide bonds. The molecule has 1 aromatic carbocycles. The fourth-order valence-corrected chi connectivity index (χ4v) is 2.27. The van der Waals surface area contributed by atoms with Gasteiger partial charge in [0.15, 0.2) is 5.06 Å². The van der Waals surface area contributed by atoms with Crippen molar-refractivity contribution >= 4 is 57.7 Å². The number of rotatable bonds is 6. The van der Waals surface area contributed by atoms with Crippen LogP contribution in [0.3, 0.4) is 0 Å². The maximum Gasteiger partial charge on any atom is 0.252 e. The zero-order valence-corrected chi connectivity index (χ0v) is 21.3. The van der Waals surface area contributed by atoms with Gasteiger partial charge in [0.05, 0.1) is 5.92 Å². The zero-order valence-electron chi connectivity index (χ0n) is 18.2. The van der Waals surface area contributed by atoms with E-state index >= 15 is 0 Å². The summed E-state index contributed by atoms with van der Waals surface area (Å²) in [6.07, 6.45) is 8.67. The van der Waals surface area contributed by atoms with Crippen molar-refractivity contribution in [2.75, 3.05) is 6.61 Å². The van der Waals surface area contributed by atoms with Gasteiger partial charge < -0.3 is 4.74 Å². The van der Waals surface area contributed by atoms with E-state index in [0.29, 0.717) is 12.2 Å². The lowest BCUT2D eigenvalue weighted by molar-refractivity contribution is -0.112. The van der Waals surface area contributed by atoms with Crippen LogP contribution in [-0.4, -0.2) is 27.7 Å². The second kappa shape index (κ2) is 16.7. The molecule has 0 fully saturated rings. The van der Waals surface area contributed by atoms with Crippen LogP contribution in [0, 0.1) is 5.92 Å². The Morgan fingerprint density at radius 3 is 1.94 bits per heavy atom. The zero-order chi connectivity index (χ0) is 23.2. The summed E-state index contributed by atoms with van der Waals surface area (Å²) in [4.78, 5) is 21.3. The quantitative estimate of drug-likeness (QED) is 0.122. The maximum atomic E-state index is 10.8. The summed E-state index contributed by atoms with van der Waals surface area (Å²) in [5.74, 6) is 4.67. The largest absolute Gasteiger partial charge is 0.352 e. The van der Waals surface area contributed by atoms with E-state index in [-0.39, 0.29) is 23.9 Å². The Balaban J connectivity index is 0. The molecule has 0 spiro atoms. The molecule has 3 N–H and O–H groups in total. The van der Waals surface area contributed by atoms with Crippen LogP contribution in [0.1, 0.15) is 50.9 Å². The fraction of sp³-hybridized carbons (Fsp3) is 0.455. The Bertz CT molecular complexity index is 690. The molecule has 0 radical (unpaired) electrons. The summed E-state index contributed by atoms with van der Waals surface area (Å²) in [6, 6.07) is 8.74. The molecule has 0 aliphatic heterocycles. The number of nitrogens with two attached hydrogens (primary N) is 1. The highest BCUT2D eigenvalue weighted by molar-refractivity contribution is 6.67. The standard InChI is InChI=1S/C11H14Cl2O2.C7H5ClO.C4H12N2.ClH/c1-2-3-8-15-11(13)6-4-9(5-7-11)10(12)14;8-7(9)6-4-2-1-3-5-6;1-4(2,3)6-5;/h4-7,9H,2-3,8H2,1H3;1-5H;6H,5H2,1-3H3;1H. The van der Waals surface area contributed by atoms with E-state index in [4.69, 9.17) is 45.4 Å². The first kappa shape index (κ1) is 32.3. The number of carbonyl (C=O) groups excluding carboxylic acids is 2. The smallest absolute Gasteiger partial charge is 0.252 e. The summed E-state index contributed by atoms with van der Waals surface area (Å²) in [5, 5.41) is -1.72. The first-order valence-corrected chi connectivity index (χ1v) is 10.7. The Labute approximate surface area is 206 Å². The molecule has 1 aliphatic carbocycles. The average molecular weight is 514 g/mol. The van der Waals surface area contributed by atoms with Crippen LogP contribution in [0.25, 0.3) is 0 Å². The van der Waals surface area contributed by atoms with Crippen molar-refractivity contribution < 1.29 is 14.3 Å². The van der Waals surface area contributed by atoms with Crippen molar-refractivity contribution in [2.24, 2.45) is 11.8 Å². The highest BCUT2D eigenvalue weighted by Crippen LogP contribution is 2.27. The molecule has 5 nitrogen and oxygen atoms in total. The molecule has 31 heavy (non-hydrogen) atoms. The Morgan fingerprint density at radius 1 is 1.13 bits per heavy atom. The molecule has 0 heterocycles. The lowest BCUT2D eigenvalue weighted by Gasteiger charge is -2.23. The van der Waals surface area contributed by atoms with Gasteiger partial charge in [0.2, 0.25) is 5.24 Å². The van der Waals surface area contributed by atoms with Gasteiger partial charge in [-0.1, -0.05) is 67.4 Å². The van der Waals surface area contributed by atoms with Crippen LogP contribution in [0.15, 0.2) is 54.6 Å². The summed E-state index contributed by atoms with van der Waals surface area (Å²) in [5.41, 5.74) is 3.21. The van der Waals surface area contributed by atoms with Crippen LogP contribution in [0.4, 0.5) is 0 Å². The van der Waals surface area contributed by atoms with Crippen molar-refractivity contribution in [2.45, 2.75) is 51.1 Å². The fourth-order valence-electron chi connectivity index (χ4n) is 1.78. The predicted octanol–water partition coefficient (Wildman–Crippen LogP) is 5.98. The minimum absolute atomic E-state index is 0. The number of ether oxygens (including phenoxy) is 1. The summed E-state index contributed by atoms with van der Waals surface area (Å²) in [7, 11) is 0. The van der Waals surface area contributed by atoms with Crippen molar-refractivity contribution in [3.8, 4) is 0 Å². The number of carbonyl (C=O) groups is 2. The van der Waals surface area contributed by atoms with E-state index in [1.165, 1.54) is 0 Å². The van der Waals surface area contributed by atoms with Crippen molar-refractivity contribution in [3.63, 3.8) is 0 Å². The Hall–Kier alpha value is -0.920. The number of allylic oxidation sites excluding steroid dienone is 2. The monoisotopic (exact) mass is 512 g/mol. The predicted molar refractivity (Wildman–Crippen MR) is 133 cm³/mol. The number of hydrogen-bond acceptors (Lipinski definition) is 5. The topological polar surface area (TPSA) is 81.4 Å². The van der Waals surface area contributed by atoms with Crippen LogP contribution in [-0.2, 0) is 9.53 Å². The second-order valence-corrected chi connectivity index (χ2v) is 8.79. The first-order valence-electron chi connectivity index (χ1n) is 9.57. The number of halogens is 4. The van der Waals surface area contributed by atoms with Gasteiger partial charge in [-0.25, -0.2) is 0 Å². The van der Waals surface area contributed by atoms with Crippen LogP contribution in [0.2, 0.25) is 0 Å². The van der Waals surface area contributed by atoms with Crippen molar-refractivity contribution in [1.29, 1.82) is 0 Å². The van der Waals surface area contributed by atoms with Crippen LogP contribution in [0.5, 0.6) is 0 Å². The van der Waals surface area contributed by atoms with Gasteiger partial charge in [0.1, 0.15) is 0 Å². The number of alkyl halides is 1. The van der Waals surface area contributed by atoms with E-state index in [1.807, 2.05) is 26.8 Å². The second-order valence-electron chi connectivity index (χ2n) is 7.48. The minimum atomic E-state index is -0.905. The third-order valence-electron chi connectivity index (χ3n) is 3.58. The maximum absolute atomic E-state index is 10.8. The molecule has 0 unspecified atom stereocenters. The molecule has 0 saturated heterocycles. The van der Waals surface area contributed by atoms with Gasteiger partial charge >= 0.3 is 0 Å². The van der Waals surface area contributed by atoms with E-state index in [9.17, 15) is 9.59 Å².